The maximum atomic E-state index is 2.25. The summed E-state index contributed by atoms with van der Waals surface area (Å²) in [7, 11) is 0. The van der Waals surface area contributed by atoms with E-state index in [0.717, 1.165) is 0 Å². The second-order valence-electron chi connectivity index (χ2n) is 5.37. The van der Waals surface area contributed by atoms with Crippen molar-refractivity contribution in [2.24, 2.45) is 0 Å². The van der Waals surface area contributed by atoms with Gasteiger partial charge in [-0.05, 0) is 35.8 Å². The van der Waals surface area contributed by atoms with E-state index in [-0.39, 0.29) is 0 Å². The molecule has 0 fully saturated rings. The Morgan fingerprint density at radius 2 is 1.11 bits per heavy atom. The maximum absolute atomic E-state index is 2.25. The molecule has 0 aromatic heterocycles. The fourth-order valence-electron chi connectivity index (χ4n) is 2.10. The van der Waals surface area contributed by atoms with Crippen LogP contribution in [0.2, 0.25) is 0 Å². The summed E-state index contributed by atoms with van der Waals surface area (Å²) >= 11 is 0. The molecule has 0 unspecified atom stereocenters. The normalized spacial score (nSPS) is 13.7. The van der Waals surface area contributed by atoms with Crippen LogP contribution in [0.4, 0.5) is 0 Å². The lowest BCUT2D eigenvalue weighted by Crippen LogP contribution is -1.97. The first-order valence-electron chi connectivity index (χ1n) is 7.03. The van der Waals surface area contributed by atoms with Crippen LogP contribution in [0.3, 0.4) is 0 Å². The average molecular weight is 242 g/mol. The molecule has 0 atom stereocenters. The molecule has 0 radical (unpaired) electrons. The Balaban J connectivity index is 0.000000225. The molecular formula is C18H26. The topological polar surface area (TPSA) is 0 Å². The van der Waals surface area contributed by atoms with Gasteiger partial charge in [0, 0.05) is 0 Å². The Labute approximate surface area is 112 Å². The lowest BCUT2D eigenvalue weighted by molar-refractivity contribution is 0.790. The largest absolute Gasteiger partial charge is 0.0842 e. The molecule has 18 heavy (non-hydrogen) atoms. The van der Waals surface area contributed by atoms with Gasteiger partial charge in [-0.25, -0.2) is 0 Å². The van der Waals surface area contributed by atoms with Gasteiger partial charge in [-0.2, -0.15) is 0 Å². The predicted molar refractivity (Wildman–Crippen MR) is 82.1 cm³/mol. The third-order valence-corrected chi connectivity index (χ3v) is 3.12. The minimum absolute atomic E-state index is 0.642. The van der Waals surface area contributed by atoms with Crippen LogP contribution in [0.5, 0.6) is 0 Å². The summed E-state index contributed by atoms with van der Waals surface area (Å²) < 4.78 is 0. The van der Waals surface area contributed by atoms with Gasteiger partial charge in [-0.15, -0.1) is 0 Å². The highest BCUT2D eigenvalue weighted by Gasteiger charge is 2.07. The first kappa shape index (κ1) is 14.8. The summed E-state index contributed by atoms with van der Waals surface area (Å²) in [6.07, 6.45) is 11.0. The molecule has 0 bridgehead atoms. The van der Waals surface area contributed by atoms with Gasteiger partial charge in [-0.1, -0.05) is 76.3 Å². The van der Waals surface area contributed by atoms with Gasteiger partial charge < -0.3 is 0 Å². The second-order valence-corrected chi connectivity index (χ2v) is 5.37. The van der Waals surface area contributed by atoms with E-state index in [0.29, 0.717) is 11.8 Å². The Kier molecular flexibility index (Phi) is 6.49. The molecule has 0 saturated heterocycles. The van der Waals surface area contributed by atoms with Crippen LogP contribution in [0, 0.1) is 0 Å². The summed E-state index contributed by atoms with van der Waals surface area (Å²) in [4.78, 5) is 0. The molecule has 1 aliphatic carbocycles. The van der Waals surface area contributed by atoms with Crippen molar-refractivity contribution in [2.45, 2.75) is 52.4 Å². The zero-order valence-corrected chi connectivity index (χ0v) is 12.2. The van der Waals surface area contributed by atoms with Crippen LogP contribution in [0.25, 0.3) is 0 Å². The number of hydrogen-bond donors (Lipinski definition) is 0. The molecule has 1 aromatic carbocycles. The fraction of sp³-hybridized carbons (Fsp3) is 0.444. The van der Waals surface area contributed by atoms with Crippen molar-refractivity contribution in [3.05, 3.63) is 59.7 Å². The third-order valence-electron chi connectivity index (χ3n) is 3.12. The van der Waals surface area contributed by atoms with Crippen LogP contribution < -0.4 is 0 Å². The van der Waals surface area contributed by atoms with Crippen molar-refractivity contribution < 1.29 is 0 Å². The second kappa shape index (κ2) is 7.92. The summed E-state index contributed by atoms with van der Waals surface area (Å²) in [5, 5.41) is 0. The van der Waals surface area contributed by atoms with Crippen molar-refractivity contribution in [2.75, 3.05) is 0 Å². The van der Waals surface area contributed by atoms with E-state index in [4.69, 9.17) is 0 Å². The molecule has 0 heterocycles. The lowest BCUT2D eigenvalue weighted by atomic mass is 9.91. The molecule has 0 spiro atoms. The first-order chi connectivity index (χ1) is 8.63. The molecule has 98 valence electrons. The van der Waals surface area contributed by atoms with Crippen LogP contribution in [0.1, 0.15) is 63.5 Å². The quantitative estimate of drug-likeness (QED) is 0.612. The average Bonchev–Trinajstić information content (AvgIpc) is 2.41. The van der Waals surface area contributed by atoms with Gasteiger partial charge in [-0.3, -0.25) is 0 Å². The Morgan fingerprint density at radius 3 is 1.33 bits per heavy atom. The first-order valence-corrected chi connectivity index (χ1v) is 7.03. The molecule has 0 saturated carbocycles. The van der Waals surface area contributed by atoms with Crippen molar-refractivity contribution in [1.82, 2.24) is 0 Å². The van der Waals surface area contributed by atoms with Gasteiger partial charge in [0.25, 0.3) is 0 Å². The predicted octanol–water partition coefficient (Wildman–Crippen LogP) is 5.83. The van der Waals surface area contributed by atoms with E-state index in [1.54, 1.807) is 0 Å². The zero-order valence-electron chi connectivity index (χ0n) is 12.2. The van der Waals surface area contributed by atoms with Crippen LogP contribution in [-0.2, 0) is 0 Å². The van der Waals surface area contributed by atoms with Crippen LogP contribution >= 0.6 is 0 Å². The minimum Gasteiger partial charge on any atom is -0.0842 e. The highest BCUT2D eigenvalue weighted by molar-refractivity contribution is 5.31. The van der Waals surface area contributed by atoms with Gasteiger partial charge in [0.05, 0.1) is 0 Å². The maximum Gasteiger partial charge on any atom is -0.0216 e. The molecule has 1 aliphatic rings. The molecule has 0 aliphatic heterocycles. The van der Waals surface area contributed by atoms with E-state index < -0.39 is 0 Å². The van der Waals surface area contributed by atoms with Crippen molar-refractivity contribution in [1.29, 1.82) is 0 Å². The van der Waals surface area contributed by atoms with Crippen LogP contribution in [-0.4, -0.2) is 0 Å². The standard InChI is InChI=1S/C12H18.C6H8/c1-9(2)11-7-5-6-8-12(11)10(3)4;1-2-4-6-5-3-1/h5-10H,1-4H3;1-4H,5-6H2. The smallest absolute Gasteiger partial charge is 0.0216 e. The molecule has 0 heteroatoms. The summed E-state index contributed by atoms with van der Waals surface area (Å²) in [6, 6.07) is 8.72. The highest BCUT2D eigenvalue weighted by atomic mass is 14.1. The number of allylic oxidation sites excluding steroid dienone is 4. The summed E-state index contributed by atoms with van der Waals surface area (Å²) in [5.41, 5.74) is 2.99. The van der Waals surface area contributed by atoms with E-state index in [1.807, 2.05) is 0 Å². The molecular weight excluding hydrogens is 216 g/mol. The Bertz CT molecular complexity index is 355. The van der Waals surface area contributed by atoms with Gasteiger partial charge in [0.2, 0.25) is 0 Å². The lowest BCUT2D eigenvalue weighted by Gasteiger charge is -2.14. The van der Waals surface area contributed by atoms with Crippen molar-refractivity contribution in [3.63, 3.8) is 0 Å². The monoisotopic (exact) mass is 242 g/mol. The molecule has 1 aromatic rings. The molecule has 2 rings (SSSR count). The van der Waals surface area contributed by atoms with Gasteiger partial charge >= 0.3 is 0 Å². The third kappa shape index (κ3) is 4.91. The SMILES string of the molecule is C1=CCCC=C1.CC(C)c1ccccc1C(C)C. The molecule has 0 amide bonds. The summed E-state index contributed by atoms with van der Waals surface area (Å²) in [6.45, 7) is 9.00. The Morgan fingerprint density at radius 1 is 0.722 bits per heavy atom. The van der Waals surface area contributed by atoms with Gasteiger partial charge in [0.15, 0.2) is 0 Å². The van der Waals surface area contributed by atoms with Crippen molar-refractivity contribution in [3.8, 4) is 0 Å². The fourth-order valence-corrected chi connectivity index (χ4v) is 2.10. The van der Waals surface area contributed by atoms with E-state index >= 15 is 0 Å². The van der Waals surface area contributed by atoms with Crippen LogP contribution in [0.15, 0.2) is 48.6 Å². The Hall–Kier alpha value is -1.30. The number of hydrogen-bond acceptors (Lipinski definition) is 0. The number of rotatable bonds is 2. The van der Waals surface area contributed by atoms with E-state index in [9.17, 15) is 0 Å². The van der Waals surface area contributed by atoms with Gasteiger partial charge in [0.1, 0.15) is 0 Å². The minimum atomic E-state index is 0.642. The summed E-state index contributed by atoms with van der Waals surface area (Å²) in [5.74, 6) is 1.28. The number of benzene rings is 1. The molecule has 0 N–H and O–H groups in total. The van der Waals surface area contributed by atoms with E-state index in [2.05, 4.69) is 76.3 Å². The highest BCUT2D eigenvalue weighted by Crippen LogP contribution is 2.25. The van der Waals surface area contributed by atoms with Crippen molar-refractivity contribution >= 4 is 0 Å². The zero-order chi connectivity index (χ0) is 13.4. The van der Waals surface area contributed by atoms with E-state index in [1.165, 1.54) is 24.0 Å². The molecule has 0 nitrogen and oxygen atoms in total.